The van der Waals surface area contributed by atoms with Crippen LogP contribution in [-0.4, -0.2) is 48.6 Å². The van der Waals surface area contributed by atoms with E-state index in [1.807, 2.05) is 0 Å². The summed E-state index contributed by atoms with van der Waals surface area (Å²) in [4.78, 5) is 35.3. The number of benzene rings is 1. The Balaban J connectivity index is 1.95. The van der Waals surface area contributed by atoms with Gasteiger partial charge in [-0.1, -0.05) is 18.2 Å². The van der Waals surface area contributed by atoms with E-state index in [1.165, 1.54) is 6.07 Å². The molecule has 0 aromatic heterocycles. The second-order valence-electron chi connectivity index (χ2n) is 5.41. The lowest BCUT2D eigenvalue weighted by atomic mass is 10.0. The van der Waals surface area contributed by atoms with Gasteiger partial charge in [0.2, 0.25) is 0 Å². The number of phenolic OH excluding ortho intramolecular Hbond substituents is 1. The first-order valence-electron chi connectivity index (χ1n) is 7.18. The average Bonchev–Trinajstić information content (AvgIpc) is 2.83. The van der Waals surface area contributed by atoms with Crippen LogP contribution >= 0.6 is 23.5 Å². The normalized spacial score (nSPS) is 27.8. The summed E-state index contributed by atoms with van der Waals surface area (Å²) in [6.45, 7) is -0.769. The summed E-state index contributed by atoms with van der Waals surface area (Å²) >= 11 is 0. The maximum absolute atomic E-state index is 11.7. The van der Waals surface area contributed by atoms with Crippen LogP contribution in [0.5, 0.6) is 5.75 Å². The molecule has 5 atom stereocenters. The van der Waals surface area contributed by atoms with Crippen LogP contribution in [0, 0.1) is 0 Å². The molecule has 1 heterocycles. The van der Waals surface area contributed by atoms with Crippen molar-refractivity contribution < 1.29 is 61.4 Å². The summed E-state index contributed by atoms with van der Waals surface area (Å²) < 4.78 is 50.4. The van der Waals surface area contributed by atoms with Gasteiger partial charge in [-0.25, -0.2) is 13.7 Å². The Kier molecular flexibility index (Phi) is 7.03. The third-order valence-corrected chi connectivity index (χ3v) is 7.13. The van der Waals surface area contributed by atoms with E-state index in [0.29, 0.717) is 5.56 Å². The number of phosphoric acid groups is 3. The largest absolute Gasteiger partial charge is 0.508 e. The fourth-order valence-electron chi connectivity index (χ4n) is 2.31. The Labute approximate surface area is 152 Å². The molecule has 1 aromatic rings. The zero-order valence-electron chi connectivity index (χ0n) is 13.3. The molecule has 0 radical (unpaired) electrons. The van der Waals surface area contributed by atoms with E-state index in [1.54, 1.807) is 18.2 Å². The number of aromatic hydroxyl groups is 1. The molecule has 154 valence electrons. The molecule has 0 amide bonds. The SMILES string of the molecule is O=P(O)(O)OP(=O)(O)OP(=O)(O)OCC1O[C@@H](c2ccccc2O)CC1O. The van der Waals surface area contributed by atoms with Gasteiger partial charge < -0.3 is 34.5 Å². The van der Waals surface area contributed by atoms with Crippen molar-refractivity contribution in [3.05, 3.63) is 29.8 Å². The van der Waals surface area contributed by atoms with Gasteiger partial charge in [0.15, 0.2) is 0 Å². The molecule has 1 fully saturated rings. The molecule has 0 bridgehead atoms. The number of rotatable bonds is 8. The molecule has 1 aliphatic rings. The molecule has 0 spiro atoms. The third kappa shape index (κ3) is 7.03. The summed E-state index contributed by atoms with van der Waals surface area (Å²) in [6.07, 6.45) is -3.03. The van der Waals surface area contributed by atoms with Crippen molar-refractivity contribution in [1.82, 2.24) is 0 Å². The highest BCUT2D eigenvalue weighted by atomic mass is 31.3. The topological polar surface area (TPSA) is 210 Å². The van der Waals surface area contributed by atoms with Crippen LogP contribution in [-0.2, 0) is 31.6 Å². The zero-order valence-corrected chi connectivity index (χ0v) is 16.0. The predicted octanol–water partition coefficient (Wildman–Crippen LogP) is 0.926. The van der Waals surface area contributed by atoms with Gasteiger partial charge in [-0.3, -0.25) is 4.52 Å². The fraction of sp³-hybridized carbons (Fsp3) is 0.455. The summed E-state index contributed by atoms with van der Waals surface area (Å²) in [5.74, 6) is -0.0803. The van der Waals surface area contributed by atoms with E-state index in [4.69, 9.17) is 19.4 Å². The summed E-state index contributed by atoms with van der Waals surface area (Å²) in [6, 6.07) is 6.17. The Morgan fingerprint density at radius 2 is 1.67 bits per heavy atom. The van der Waals surface area contributed by atoms with Crippen molar-refractivity contribution in [2.45, 2.75) is 24.7 Å². The number of phenols is 1. The monoisotopic (exact) mass is 450 g/mol. The standard InChI is InChI=1S/C11H17O13P3/c12-8-4-2-1-3-7(8)10-5-9(13)11(22-10)6-21-26(17,18)24-27(19,20)23-25(14,15)16/h1-4,9-13H,5-6H2,(H,17,18)(H,19,20)(H2,14,15,16)/t9?,10-,11?/m1/s1. The Morgan fingerprint density at radius 3 is 2.26 bits per heavy atom. The molecule has 1 aromatic carbocycles. The quantitative estimate of drug-likeness (QED) is 0.305. The molecule has 13 nitrogen and oxygen atoms in total. The minimum atomic E-state index is -5.62. The maximum Gasteiger partial charge on any atom is 0.490 e. The molecule has 0 aliphatic carbocycles. The van der Waals surface area contributed by atoms with Crippen molar-refractivity contribution in [3.63, 3.8) is 0 Å². The molecular weight excluding hydrogens is 433 g/mol. The average molecular weight is 450 g/mol. The predicted molar refractivity (Wildman–Crippen MR) is 86.2 cm³/mol. The number of hydrogen-bond donors (Lipinski definition) is 6. The van der Waals surface area contributed by atoms with Gasteiger partial charge in [0.25, 0.3) is 0 Å². The molecule has 6 N–H and O–H groups in total. The molecule has 27 heavy (non-hydrogen) atoms. The van der Waals surface area contributed by atoms with Crippen molar-refractivity contribution in [2.24, 2.45) is 0 Å². The van der Waals surface area contributed by atoms with E-state index in [-0.39, 0.29) is 12.2 Å². The lowest BCUT2D eigenvalue weighted by molar-refractivity contribution is -0.0225. The second-order valence-corrected chi connectivity index (χ2v) is 9.83. The first kappa shape index (κ1) is 22.6. The van der Waals surface area contributed by atoms with E-state index in [2.05, 4.69) is 13.1 Å². The summed E-state index contributed by atoms with van der Waals surface area (Å²) in [5, 5.41) is 19.8. The lowest BCUT2D eigenvalue weighted by Crippen LogP contribution is -2.26. The first-order chi connectivity index (χ1) is 12.3. The van der Waals surface area contributed by atoms with Crippen LogP contribution < -0.4 is 0 Å². The van der Waals surface area contributed by atoms with E-state index < -0.39 is 48.4 Å². The van der Waals surface area contributed by atoms with E-state index in [0.717, 1.165) is 0 Å². The number of aliphatic hydroxyl groups excluding tert-OH is 1. The number of aliphatic hydroxyl groups is 1. The summed E-state index contributed by atoms with van der Waals surface area (Å²) in [5.41, 5.74) is 0.373. The van der Waals surface area contributed by atoms with Crippen molar-refractivity contribution in [1.29, 1.82) is 0 Å². The smallest absolute Gasteiger partial charge is 0.490 e. The molecule has 2 rings (SSSR count). The van der Waals surface area contributed by atoms with Crippen LogP contribution in [0.4, 0.5) is 0 Å². The summed E-state index contributed by atoms with van der Waals surface area (Å²) in [7, 11) is -16.4. The van der Waals surface area contributed by atoms with Crippen LogP contribution in [0.15, 0.2) is 24.3 Å². The van der Waals surface area contributed by atoms with E-state index in [9.17, 15) is 28.8 Å². The highest BCUT2D eigenvalue weighted by molar-refractivity contribution is 7.66. The third-order valence-electron chi connectivity index (χ3n) is 3.33. The minimum Gasteiger partial charge on any atom is -0.508 e. The van der Waals surface area contributed by atoms with Crippen LogP contribution in [0.1, 0.15) is 18.1 Å². The van der Waals surface area contributed by atoms with Crippen molar-refractivity contribution in [3.8, 4) is 5.75 Å². The number of hydrogen-bond acceptors (Lipinski definition) is 9. The molecular formula is C11H17O13P3. The lowest BCUT2D eigenvalue weighted by Gasteiger charge is -2.19. The van der Waals surface area contributed by atoms with Crippen molar-refractivity contribution >= 4 is 23.5 Å². The van der Waals surface area contributed by atoms with Crippen LogP contribution in [0.25, 0.3) is 0 Å². The van der Waals surface area contributed by atoms with Gasteiger partial charge >= 0.3 is 23.5 Å². The number of ether oxygens (including phenoxy) is 1. The highest BCUT2D eigenvalue weighted by Crippen LogP contribution is 2.66. The molecule has 16 heteroatoms. The zero-order chi connectivity index (χ0) is 20.5. The molecule has 1 aliphatic heterocycles. The van der Waals surface area contributed by atoms with E-state index >= 15 is 0 Å². The molecule has 1 saturated heterocycles. The van der Waals surface area contributed by atoms with Crippen molar-refractivity contribution in [2.75, 3.05) is 6.61 Å². The maximum atomic E-state index is 11.7. The molecule has 4 unspecified atom stereocenters. The highest BCUT2D eigenvalue weighted by Gasteiger charge is 2.42. The fourth-order valence-corrected chi connectivity index (χ4v) is 5.34. The van der Waals surface area contributed by atoms with Gasteiger partial charge in [-0.15, -0.1) is 0 Å². The van der Waals surface area contributed by atoms with Crippen LogP contribution in [0.2, 0.25) is 0 Å². The van der Waals surface area contributed by atoms with Crippen LogP contribution in [0.3, 0.4) is 0 Å². The first-order valence-corrected chi connectivity index (χ1v) is 11.7. The Hall–Kier alpha value is -0.650. The minimum absolute atomic E-state index is 0.0298. The van der Waals surface area contributed by atoms with Gasteiger partial charge in [0.1, 0.15) is 11.9 Å². The second kappa shape index (κ2) is 8.38. The molecule has 0 saturated carbocycles. The Bertz CT molecular complexity index is 806. The van der Waals surface area contributed by atoms with Gasteiger partial charge in [-0.2, -0.15) is 8.62 Å². The van der Waals surface area contributed by atoms with Gasteiger partial charge in [0, 0.05) is 12.0 Å². The Morgan fingerprint density at radius 1 is 1.04 bits per heavy atom. The van der Waals surface area contributed by atoms with Gasteiger partial charge in [-0.05, 0) is 6.07 Å². The number of phosphoric ester groups is 1. The number of para-hydroxylation sites is 1. The van der Waals surface area contributed by atoms with Gasteiger partial charge in [0.05, 0.1) is 18.8 Å².